The second-order valence-electron chi connectivity index (χ2n) is 4.05. The molecule has 17 heavy (non-hydrogen) atoms. The molecule has 0 bridgehead atoms. The van der Waals surface area contributed by atoms with Crippen LogP contribution < -0.4 is 5.32 Å². The van der Waals surface area contributed by atoms with E-state index in [0.717, 1.165) is 19.6 Å². The van der Waals surface area contributed by atoms with Gasteiger partial charge in [0.15, 0.2) is 0 Å². The van der Waals surface area contributed by atoms with Crippen molar-refractivity contribution in [3.8, 4) is 0 Å². The van der Waals surface area contributed by atoms with Crippen LogP contribution >= 0.6 is 11.8 Å². The van der Waals surface area contributed by atoms with Crippen LogP contribution in [0.1, 0.15) is 19.3 Å². The van der Waals surface area contributed by atoms with Crippen LogP contribution in [0.5, 0.6) is 0 Å². The Balaban J connectivity index is 1.97. The van der Waals surface area contributed by atoms with Gasteiger partial charge in [-0.3, -0.25) is 14.5 Å². The molecule has 2 N–H and O–H groups in total. The number of thioether (sulfide) groups is 1. The molecule has 0 aliphatic carbocycles. The lowest BCUT2D eigenvalue weighted by molar-refractivity contribution is -0.137. The van der Waals surface area contributed by atoms with E-state index in [0.29, 0.717) is 19.4 Å². The Labute approximate surface area is 106 Å². The van der Waals surface area contributed by atoms with Gasteiger partial charge in [0.25, 0.3) is 0 Å². The summed E-state index contributed by atoms with van der Waals surface area (Å²) < 4.78 is 0. The first-order valence-corrected chi connectivity index (χ1v) is 7.12. The predicted molar refractivity (Wildman–Crippen MR) is 68.3 cm³/mol. The fraction of sp³-hybridized carbons (Fsp3) is 0.818. The molecular weight excluding hydrogens is 240 g/mol. The normalized spacial score (nSPS) is 16.7. The molecule has 1 fully saturated rings. The number of hydrogen-bond acceptors (Lipinski definition) is 4. The van der Waals surface area contributed by atoms with Crippen molar-refractivity contribution >= 4 is 23.6 Å². The largest absolute Gasteiger partial charge is 0.481 e. The van der Waals surface area contributed by atoms with Crippen molar-refractivity contribution in [2.45, 2.75) is 19.3 Å². The minimum Gasteiger partial charge on any atom is -0.481 e. The van der Waals surface area contributed by atoms with Gasteiger partial charge in [0.05, 0.1) is 0 Å². The van der Waals surface area contributed by atoms with Crippen LogP contribution in [0.2, 0.25) is 0 Å². The lowest BCUT2D eigenvalue weighted by atomic mass is 10.2. The molecule has 0 saturated carbocycles. The SMILES string of the molecule is O=C(O)CCCC(=O)NCCN1CCSCC1. The quantitative estimate of drug-likeness (QED) is 0.694. The van der Waals surface area contributed by atoms with Crippen LogP contribution in [0.25, 0.3) is 0 Å². The van der Waals surface area contributed by atoms with E-state index in [-0.39, 0.29) is 12.3 Å². The molecule has 1 heterocycles. The van der Waals surface area contributed by atoms with Gasteiger partial charge >= 0.3 is 5.97 Å². The van der Waals surface area contributed by atoms with Crippen molar-refractivity contribution in [1.29, 1.82) is 0 Å². The topological polar surface area (TPSA) is 69.6 Å². The molecule has 0 radical (unpaired) electrons. The van der Waals surface area contributed by atoms with Gasteiger partial charge in [0.2, 0.25) is 5.91 Å². The highest BCUT2D eigenvalue weighted by Gasteiger charge is 2.10. The number of rotatable bonds is 7. The molecular formula is C11H20N2O3S. The molecule has 0 aromatic carbocycles. The smallest absolute Gasteiger partial charge is 0.303 e. The van der Waals surface area contributed by atoms with Gasteiger partial charge in [-0.15, -0.1) is 0 Å². The lowest BCUT2D eigenvalue weighted by Gasteiger charge is -2.25. The van der Waals surface area contributed by atoms with Crippen LogP contribution in [0.3, 0.4) is 0 Å². The van der Waals surface area contributed by atoms with E-state index in [2.05, 4.69) is 10.2 Å². The van der Waals surface area contributed by atoms with Crippen LogP contribution in [0, 0.1) is 0 Å². The van der Waals surface area contributed by atoms with Crippen LogP contribution in [0.15, 0.2) is 0 Å². The molecule has 0 atom stereocenters. The molecule has 1 aliphatic heterocycles. The highest BCUT2D eigenvalue weighted by molar-refractivity contribution is 7.99. The monoisotopic (exact) mass is 260 g/mol. The Hall–Kier alpha value is -0.750. The van der Waals surface area contributed by atoms with Crippen molar-refractivity contribution in [2.75, 3.05) is 37.7 Å². The summed E-state index contributed by atoms with van der Waals surface area (Å²) >= 11 is 1.97. The molecule has 1 rings (SSSR count). The second kappa shape index (κ2) is 8.36. The van der Waals surface area contributed by atoms with E-state index in [1.54, 1.807) is 0 Å². The molecule has 1 aliphatic rings. The fourth-order valence-electron chi connectivity index (χ4n) is 1.67. The van der Waals surface area contributed by atoms with E-state index in [9.17, 15) is 9.59 Å². The maximum absolute atomic E-state index is 11.3. The molecule has 0 spiro atoms. The first-order valence-electron chi connectivity index (χ1n) is 5.97. The Kier molecular flexibility index (Phi) is 7.04. The maximum Gasteiger partial charge on any atom is 0.303 e. The van der Waals surface area contributed by atoms with E-state index < -0.39 is 5.97 Å². The Morgan fingerprint density at radius 1 is 1.24 bits per heavy atom. The van der Waals surface area contributed by atoms with E-state index >= 15 is 0 Å². The van der Waals surface area contributed by atoms with Gasteiger partial charge in [-0.1, -0.05) is 0 Å². The summed E-state index contributed by atoms with van der Waals surface area (Å²) in [6.07, 6.45) is 0.792. The summed E-state index contributed by atoms with van der Waals surface area (Å²) in [6.45, 7) is 3.75. The lowest BCUT2D eigenvalue weighted by Crippen LogP contribution is -2.39. The van der Waals surface area contributed by atoms with Crippen LogP contribution in [-0.4, -0.2) is 59.6 Å². The van der Waals surface area contributed by atoms with E-state index in [1.807, 2.05) is 11.8 Å². The molecule has 0 aromatic rings. The van der Waals surface area contributed by atoms with Crippen molar-refractivity contribution in [1.82, 2.24) is 10.2 Å². The third kappa shape index (κ3) is 7.23. The van der Waals surface area contributed by atoms with E-state index in [4.69, 9.17) is 5.11 Å². The first kappa shape index (κ1) is 14.3. The zero-order chi connectivity index (χ0) is 12.5. The highest BCUT2D eigenvalue weighted by Crippen LogP contribution is 2.07. The van der Waals surface area contributed by atoms with E-state index in [1.165, 1.54) is 11.5 Å². The molecule has 6 heteroatoms. The van der Waals surface area contributed by atoms with Gasteiger partial charge in [-0.2, -0.15) is 11.8 Å². The minimum atomic E-state index is -0.844. The number of aliphatic carboxylic acids is 1. The molecule has 98 valence electrons. The van der Waals surface area contributed by atoms with Gasteiger partial charge in [0, 0.05) is 50.5 Å². The number of carbonyl (C=O) groups excluding carboxylic acids is 1. The second-order valence-corrected chi connectivity index (χ2v) is 5.28. The van der Waals surface area contributed by atoms with Gasteiger partial charge in [-0.05, 0) is 6.42 Å². The summed E-state index contributed by atoms with van der Waals surface area (Å²) in [4.78, 5) is 23.9. The maximum atomic E-state index is 11.3. The number of carboxylic acids is 1. The number of hydrogen-bond donors (Lipinski definition) is 2. The van der Waals surface area contributed by atoms with Crippen molar-refractivity contribution in [3.63, 3.8) is 0 Å². The summed E-state index contributed by atoms with van der Waals surface area (Å²) in [6, 6.07) is 0. The number of nitrogens with zero attached hydrogens (tertiary/aromatic N) is 1. The van der Waals surface area contributed by atoms with Crippen LogP contribution in [0.4, 0.5) is 0 Å². The first-order chi connectivity index (χ1) is 8.18. The number of carboxylic acid groups (broad SMARTS) is 1. The zero-order valence-corrected chi connectivity index (χ0v) is 10.8. The predicted octanol–water partition coefficient (Wildman–Crippen LogP) is 0.406. The summed E-state index contributed by atoms with van der Waals surface area (Å²) in [5.41, 5.74) is 0. The van der Waals surface area contributed by atoms with Crippen molar-refractivity contribution < 1.29 is 14.7 Å². The van der Waals surface area contributed by atoms with Gasteiger partial charge < -0.3 is 10.4 Å². The molecule has 1 amide bonds. The molecule has 5 nitrogen and oxygen atoms in total. The van der Waals surface area contributed by atoms with Crippen LogP contribution in [-0.2, 0) is 9.59 Å². The molecule has 0 unspecified atom stereocenters. The molecule has 1 saturated heterocycles. The van der Waals surface area contributed by atoms with Gasteiger partial charge in [-0.25, -0.2) is 0 Å². The van der Waals surface area contributed by atoms with Gasteiger partial charge in [0.1, 0.15) is 0 Å². The standard InChI is InChI=1S/C11H20N2O3S/c14-10(2-1-3-11(15)16)12-4-5-13-6-8-17-9-7-13/h1-9H2,(H,12,14)(H,15,16). The van der Waals surface area contributed by atoms with Crippen molar-refractivity contribution in [2.24, 2.45) is 0 Å². The Bertz CT molecular complexity index is 255. The number of carbonyl (C=O) groups is 2. The summed E-state index contributed by atoms with van der Waals surface area (Å²) in [5.74, 6) is 1.46. The Morgan fingerprint density at radius 2 is 1.94 bits per heavy atom. The molecule has 0 aromatic heterocycles. The third-order valence-corrected chi connectivity index (χ3v) is 3.59. The highest BCUT2D eigenvalue weighted by atomic mass is 32.2. The summed E-state index contributed by atoms with van der Waals surface area (Å²) in [5, 5.41) is 11.3. The minimum absolute atomic E-state index is 0.0439. The summed E-state index contributed by atoms with van der Waals surface area (Å²) in [7, 11) is 0. The average Bonchev–Trinajstić information content (AvgIpc) is 2.30. The zero-order valence-electron chi connectivity index (χ0n) is 9.98. The third-order valence-electron chi connectivity index (χ3n) is 2.65. The number of nitrogens with one attached hydrogen (secondary N) is 1. The average molecular weight is 260 g/mol. The van der Waals surface area contributed by atoms with Crippen molar-refractivity contribution in [3.05, 3.63) is 0 Å². The number of amides is 1. The Morgan fingerprint density at radius 3 is 2.59 bits per heavy atom. The fourth-order valence-corrected chi connectivity index (χ4v) is 2.65.